The highest BCUT2D eigenvalue weighted by Crippen LogP contribution is 2.18. The Morgan fingerprint density at radius 3 is 2.64 bits per heavy atom. The van der Waals surface area contributed by atoms with E-state index < -0.39 is 0 Å². The summed E-state index contributed by atoms with van der Waals surface area (Å²) in [5.74, 6) is 0.375. The number of carbonyl (C=O) groups excluding carboxylic acids is 2. The van der Waals surface area contributed by atoms with Crippen molar-refractivity contribution in [1.29, 1.82) is 0 Å². The molecule has 2 rings (SSSR count). The predicted molar refractivity (Wildman–Crippen MR) is 100.0 cm³/mol. The summed E-state index contributed by atoms with van der Waals surface area (Å²) in [5, 5.41) is 7.71. The van der Waals surface area contributed by atoms with Crippen LogP contribution in [-0.4, -0.2) is 44.0 Å². The van der Waals surface area contributed by atoms with Crippen LogP contribution in [0.1, 0.15) is 17.8 Å². The number of likely N-dealkylation sites (N-methyl/N-ethyl adjacent to an activating group) is 1. The van der Waals surface area contributed by atoms with Crippen LogP contribution in [0.25, 0.3) is 0 Å². The lowest BCUT2D eigenvalue weighted by Gasteiger charge is -2.18. The van der Waals surface area contributed by atoms with Crippen molar-refractivity contribution in [3.8, 4) is 5.75 Å². The number of hydrogen-bond donors (Lipinski definition) is 2. The van der Waals surface area contributed by atoms with Gasteiger partial charge in [-0.2, -0.15) is 0 Å². The van der Waals surface area contributed by atoms with Crippen molar-refractivity contribution in [3.63, 3.8) is 0 Å². The first-order valence-corrected chi connectivity index (χ1v) is 8.81. The SMILES string of the molecule is COc1cccc(NC(=O)CN(C)CC(=O)N[C@@H](C)c2cccs2)c1. The van der Waals surface area contributed by atoms with Crippen LogP contribution >= 0.6 is 11.3 Å². The normalized spacial score (nSPS) is 11.8. The van der Waals surface area contributed by atoms with E-state index in [-0.39, 0.29) is 30.9 Å². The Morgan fingerprint density at radius 2 is 1.96 bits per heavy atom. The van der Waals surface area contributed by atoms with Gasteiger partial charge in [0.05, 0.1) is 26.2 Å². The third kappa shape index (κ3) is 6.21. The van der Waals surface area contributed by atoms with Crippen LogP contribution in [0.4, 0.5) is 5.69 Å². The third-order valence-corrected chi connectivity index (χ3v) is 4.58. The van der Waals surface area contributed by atoms with Gasteiger partial charge in [0.25, 0.3) is 0 Å². The Labute approximate surface area is 151 Å². The summed E-state index contributed by atoms with van der Waals surface area (Å²) in [6.45, 7) is 2.22. The van der Waals surface area contributed by atoms with Gasteiger partial charge in [-0.25, -0.2) is 0 Å². The lowest BCUT2D eigenvalue weighted by atomic mass is 10.2. The quantitative estimate of drug-likeness (QED) is 0.758. The summed E-state index contributed by atoms with van der Waals surface area (Å²) >= 11 is 1.60. The average Bonchev–Trinajstić information content (AvgIpc) is 3.09. The minimum atomic E-state index is -0.185. The minimum absolute atomic E-state index is 0.0356. The molecule has 2 aromatic rings. The summed E-state index contributed by atoms with van der Waals surface area (Å²) in [4.78, 5) is 27.0. The van der Waals surface area contributed by atoms with Crippen LogP contribution in [-0.2, 0) is 9.59 Å². The summed E-state index contributed by atoms with van der Waals surface area (Å²) in [7, 11) is 3.31. The number of anilines is 1. The summed E-state index contributed by atoms with van der Waals surface area (Å²) in [6.07, 6.45) is 0. The van der Waals surface area contributed by atoms with E-state index in [1.807, 2.05) is 24.4 Å². The van der Waals surface area contributed by atoms with E-state index in [9.17, 15) is 9.59 Å². The number of nitrogens with zero attached hydrogens (tertiary/aromatic N) is 1. The molecule has 1 heterocycles. The van der Waals surface area contributed by atoms with Gasteiger partial charge >= 0.3 is 0 Å². The highest BCUT2D eigenvalue weighted by molar-refractivity contribution is 7.10. The molecule has 134 valence electrons. The van der Waals surface area contributed by atoms with Crippen molar-refractivity contribution < 1.29 is 14.3 Å². The number of carbonyl (C=O) groups is 2. The van der Waals surface area contributed by atoms with Crippen LogP contribution in [0.3, 0.4) is 0 Å². The lowest BCUT2D eigenvalue weighted by Crippen LogP contribution is -2.39. The third-order valence-electron chi connectivity index (χ3n) is 3.53. The molecule has 0 unspecified atom stereocenters. The second-order valence-corrected chi connectivity index (χ2v) is 6.74. The van der Waals surface area contributed by atoms with Gasteiger partial charge in [-0.1, -0.05) is 12.1 Å². The predicted octanol–water partition coefficient (Wildman–Crippen LogP) is 2.50. The van der Waals surface area contributed by atoms with E-state index in [1.165, 1.54) is 0 Å². The Balaban J connectivity index is 1.77. The van der Waals surface area contributed by atoms with Gasteiger partial charge in [0.2, 0.25) is 11.8 Å². The second kappa shape index (κ2) is 9.19. The standard InChI is InChI=1S/C18H23N3O3S/c1-13(16-8-5-9-25-16)19-17(22)11-21(2)12-18(23)20-14-6-4-7-15(10-14)24-3/h4-10,13H,11-12H2,1-3H3,(H,19,22)(H,20,23)/t13-/m0/s1. The van der Waals surface area contributed by atoms with E-state index in [2.05, 4.69) is 10.6 Å². The van der Waals surface area contributed by atoms with Gasteiger partial charge in [0, 0.05) is 16.6 Å². The summed E-state index contributed by atoms with van der Waals surface area (Å²) in [6, 6.07) is 11.0. The number of benzene rings is 1. The monoisotopic (exact) mass is 361 g/mol. The van der Waals surface area contributed by atoms with Gasteiger partial charge in [0.1, 0.15) is 5.75 Å². The van der Waals surface area contributed by atoms with E-state index >= 15 is 0 Å². The first-order chi connectivity index (χ1) is 12.0. The molecule has 0 radical (unpaired) electrons. The van der Waals surface area contributed by atoms with Crippen molar-refractivity contribution >= 4 is 28.8 Å². The Hall–Kier alpha value is -2.38. The fraction of sp³-hybridized carbons (Fsp3) is 0.333. The van der Waals surface area contributed by atoms with E-state index in [0.29, 0.717) is 11.4 Å². The molecule has 0 spiro atoms. The zero-order valence-corrected chi connectivity index (χ0v) is 15.4. The maximum Gasteiger partial charge on any atom is 0.238 e. The fourth-order valence-corrected chi connectivity index (χ4v) is 3.08. The molecule has 0 aliphatic carbocycles. The van der Waals surface area contributed by atoms with Gasteiger partial charge < -0.3 is 15.4 Å². The molecule has 1 atom stereocenters. The van der Waals surface area contributed by atoms with Crippen molar-refractivity contribution in [2.45, 2.75) is 13.0 Å². The lowest BCUT2D eigenvalue weighted by molar-refractivity contribution is -0.123. The zero-order chi connectivity index (χ0) is 18.2. The molecule has 1 aromatic carbocycles. The second-order valence-electron chi connectivity index (χ2n) is 5.76. The van der Waals surface area contributed by atoms with Gasteiger partial charge in [-0.05, 0) is 37.6 Å². The molecule has 0 aliphatic rings. The number of hydrogen-bond acceptors (Lipinski definition) is 5. The Morgan fingerprint density at radius 1 is 1.20 bits per heavy atom. The molecule has 25 heavy (non-hydrogen) atoms. The number of thiophene rings is 1. The van der Waals surface area contributed by atoms with Crippen molar-refractivity contribution in [1.82, 2.24) is 10.2 Å². The maximum absolute atomic E-state index is 12.1. The molecule has 6 nitrogen and oxygen atoms in total. The van der Waals surface area contributed by atoms with Crippen LogP contribution in [0.2, 0.25) is 0 Å². The van der Waals surface area contributed by atoms with Crippen molar-refractivity contribution in [3.05, 3.63) is 46.7 Å². The summed E-state index contributed by atoms with van der Waals surface area (Å²) < 4.78 is 5.12. The van der Waals surface area contributed by atoms with Crippen LogP contribution in [0.15, 0.2) is 41.8 Å². The number of methoxy groups -OCH3 is 1. The van der Waals surface area contributed by atoms with Gasteiger partial charge in [0.15, 0.2) is 0 Å². The Bertz CT molecular complexity index is 703. The molecule has 2 amide bonds. The topological polar surface area (TPSA) is 70.7 Å². The van der Waals surface area contributed by atoms with E-state index in [0.717, 1.165) is 4.88 Å². The fourth-order valence-electron chi connectivity index (χ4n) is 2.34. The largest absolute Gasteiger partial charge is 0.497 e. The van der Waals surface area contributed by atoms with Crippen LogP contribution < -0.4 is 15.4 Å². The molecule has 0 aliphatic heterocycles. The molecule has 0 saturated heterocycles. The highest BCUT2D eigenvalue weighted by Gasteiger charge is 2.14. The smallest absolute Gasteiger partial charge is 0.238 e. The van der Waals surface area contributed by atoms with Gasteiger partial charge in [-0.3, -0.25) is 14.5 Å². The molecule has 0 fully saturated rings. The van der Waals surface area contributed by atoms with Crippen LogP contribution in [0.5, 0.6) is 5.75 Å². The molecule has 2 N–H and O–H groups in total. The zero-order valence-electron chi connectivity index (χ0n) is 14.6. The van der Waals surface area contributed by atoms with Gasteiger partial charge in [-0.15, -0.1) is 11.3 Å². The molecular weight excluding hydrogens is 338 g/mol. The molecular formula is C18H23N3O3S. The number of amides is 2. The molecule has 0 bridgehead atoms. The average molecular weight is 361 g/mol. The first kappa shape index (κ1) is 19.0. The summed E-state index contributed by atoms with van der Waals surface area (Å²) in [5.41, 5.74) is 0.661. The molecule has 7 heteroatoms. The number of ether oxygens (including phenoxy) is 1. The van der Waals surface area contributed by atoms with Crippen molar-refractivity contribution in [2.75, 3.05) is 32.6 Å². The van der Waals surface area contributed by atoms with E-state index in [4.69, 9.17) is 4.74 Å². The first-order valence-electron chi connectivity index (χ1n) is 7.93. The van der Waals surface area contributed by atoms with Crippen LogP contribution in [0, 0.1) is 0 Å². The molecule has 1 aromatic heterocycles. The molecule has 0 saturated carbocycles. The number of nitrogens with one attached hydrogen (secondary N) is 2. The van der Waals surface area contributed by atoms with E-state index in [1.54, 1.807) is 54.7 Å². The Kier molecular flexibility index (Phi) is 6.97. The maximum atomic E-state index is 12.1. The van der Waals surface area contributed by atoms with Crippen molar-refractivity contribution in [2.24, 2.45) is 0 Å². The minimum Gasteiger partial charge on any atom is -0.497 e. The number of rotatable bonds is 8. The highest BCUT2D eigenvalue weighted by atomic mass is 32.1.